The topological polar surface area (TPSA) is 103 Å². The number of benzene rings is 1. The van der Waals surface area contributed by atoms with Gasteiger partial charge >= 0.3 is 5.97 Å². The molecule has 0 fully saturated rings. The third kappa shape index (κ3) is 4.19. The Kier molecular flexibility index (Phi) is 6.15. The molecule has 0 unspecified atom stereocenters. The van der Waals surface area contributed by atoms with E-state index in [1.807, 2.05) is 30.3 Å². The summed E-state index contributed by atoms with van der Waals surface area (Å²) >= 11 is 2.21. The first-order valence-electron chi connectivity index (χ1n) is 9.87. The maximum absolute atomic E-state index is 13.1. The second kappa shape index (κ2) is 9.01. The zero-order valence-corrected chi connectivity index (χ0v) is 19.3. The average molecular weight is 469 g/mol. The van der Waals surface area contributed by atoms with Crippen LogP contribution in [0.15, 0.2) is 41.5 Å². The highest BCUT2D eigenvalue weighted by atomic mass is 32.1. The van der Waals surface area contributed by atoms with E-state index in [-0.39, 0.29) is 12.2 Å². The lowest BCUT2D eigenvalue weighted by Gasteiger charge is -2.05. The van der Waals surface area contributed by atoms with Crippen LogP contribution in [0.3, 0.4) is 0 Å². The highest BCUT2D eigenvalue weighted by molar-refractivity contribution is 7.21. The van der Waals surface area contributed by atoms with E-state index in [9.17, 15) is 14.4 Å². The van der Waals surface area contributed by atoms with E-state index < -0.39 is 11.9 Å². The van der Waals surface area contributed by atoms with Gasteiger partial charge in [0.15, 0.2) is 5.13 Å². The molecule has 4 aromatic rings. The Labute approximate surface area is 191 Å². The van der Waals surface area contributed by atoms with Gasteiger partial charge in [0, 0.05) is 0 Å². The van der Waals surface area contributed by atoms with Crippen LogP contribution in [0, 0.1) is 13.8 Å². The van der Waals surface area contributed by atoms with Crippen molar-refractivity contribution >= 4 is 49.9 Å². The van der Waals surface area contributed by atoms with E-state index in [2.05, 4.69) is 15.3 Å². The fourth-order valence-electron chi connectivity index (χ4n) is 3.26. The minimum Gasteiger partial charge on any atom is -0.462 e. The molecule has 0 spiro atoms. The van der Waals surface area contributed by atoms with Crippen LogP contribution >= 0.6 is 22.7 Å². The monoisotopic (exact) mass is 468 g/mol. The van der Waals surface area contributed by atoms with Crippen molar-refractivity contribution in [2.75, 3.05) is 11.9 Å². The number of rotatable bonds is 6. The van der Waals surface area contributed by atoms with Gasteiger partial charge in [0.05, 0.1) is 35.4 Å². The fraction of sp³-hybridized carbons (Fsp3) is 0.227. The molecule has 3 aromatic heterocycles. The zero-order chi connectivity index (χ0) is 22.8. The minimum absolute atomic E-state index is 0.193. The standard InChI is InChI=1S/C22H20N4O4S2/c1-4-30-21(29)17-13(3)24-22(32-17)25-18(27)16-12(2)15-19(31-16)23-11-26(20(15)28)10-14-8-6-5-7-9-14/h5-9,11H,4,10H2,1-3H3,(H,24,25,27). The van der Waals surface area contributed by atoms with Gasteiger partial charge in [0.1, 0.15) is 9.71 Å². The number of nitrogens with one attached hydrogen (secondary N) is 1. The molecular formula is C22H20N4O4S2. The van der Waals surface area contributed by atoms with E-state index in [1.165, 1.54) is 10.9 Å². The van der Waals surface area contributed by atoms with Gasteiger partial charge in [-0.1, -0.05) is 41.7 Å². The molecule has 3 heterocycles. The summed E-state index contributed by atoms with van der Waals surface area (Å²) in [6.45, 7) is 5.80. The summed E-state index contributed by atoms with van der Waals surface area (Å²) in [5, 5.41) is 3.45. The van der Waals surface area contributed by atoms with Crippen molar-refractivity contribution in [2.45, 2.75) is 27.3 Å². The maximum atomic E-state index is 13.1. The van der Waals surface area contributed by atoms with Crippen LogP contribution in [0.1, 0.15) is 43.1 Å². The summed E-state index contributed by atoms with van der Waals surface area (Å²) in [6, 6.07) is 9.63. The quantitative estimate of drug-likeness (QED) is 0.429. The fourth-order valence-corrected chi connectivity index (χ4v) is 5.15. The lowest BCUT2D eigenvalue weighted by Crippen LogP contribution is -2.21. The summed E-state index contributed by atoms with van der Waals surface area (Å²) in [7, 11) is 0. The highest BCUT2D eigenvalue weighted by Crippen LogP contribution is 2.29. The molecule has 4 rings (SSSR count). The molecule has 164 valence electrons. The van der Waals surface area contributed by atoms with Crippen molar-refractivity contribution in [2.24, 2.45) is 0 Å². The number of carbonyl (C=O) groups is 2. The number of thiophene rings is 1. The number of aryl methyl sites for hydroxylation is 2. The van der Waals surface area contributed by atoms with E-state index >= 15 is 0 Å². The maximum Gasteiger partial charge on any atom is 0.350 e. The van der Waals surface area contributed by atoms with Gasteiger partial charge in [0.2, 0.25) is 0 Å². The number of ether oxygens (including phenoxy) is 1. The smallest absolute Gasteiger partial charge is 0.350 e. The van der Waals surface area contributed by atoms with Gasteiger partial charge < -0.3 is 4.74 Å². The molecule has 32 heavy (non-hydrogen) atoms. The molecule has 0 bridgehead atoms. The number of amides is 1. The number of hydrogen-bond acceptors (Lipinski definition) is 8. The second-order valence-electron chi connectivity index (χ2n) is 7.01. The molecule has 1 aromatic carbocycles. The summed E-state index contributed by atoms with van der Waals surface area (Å²) in [5.41, 5.74) is 1.85. The van der Waals surface area contributed by atoms with Crippen LogP contribution in [-0.2, 0) is 11.3 Å². The number of hydrogen-bond donors (Lipinski definition) is 1. The van der Waals surface area contributed by atoms with Crippen molar-refractivity contribution in [1.82, 2.24) is 14.5 Å². The van der Waals surface area contributed by atoms with Crippen LogP contribution in [0.5, 0.6) is 0 Å². The Balaban J connectivity index is 1.62. The van der Waals surface area contributed by atoms with Crippen molar-refractivity contribution in [3.63, 3.8) is 0 Å². The normalized spacial score (nSPS) is 11.0. The first-order chi connectivity index (χ1) is 15.4. The van der Waals surface area contributed by atoms with Crippen LogP contribution in [-0.4, -0.2) is 33.0 Å². The molecule has 0 saturated heterocycles. The number of nitrogens with zero attached hydrogens (tertiary/aromatic N) is 3. The van der Waals surface area contributed by atoms with E-state index in [0.29, 0.717) is 42.9 Å². The molecule has 0 aliphatic rings. The molecule has 1 amide bonds. The molecule has 0 atom stereocenters. The third-order valence-corrected chi connectivity index (χ3v) is 7.05. The molecule has 1 N–H and O–H groups in total. The summed E-state index contributed by atoms with van der Waals surface area (Å²) in [6.07, 6.45) is 1.51. The van der Waals surface area contributed by atoms with Gasteiger partial charge in [-0.3, -0.25) is 19.5 Å². The van der Waals surface area contributed by atoms with Crippen molar-refractivity contribution in [3.8, 4) is 0 Å². The molecule has 0 aliphatic heterocycles. The predicted molar refractivity (Wildman–Crippen MR) is 125 cm³/mol. The number of thiazole rings is 1. The van der Waals surface area contributed by atoms with Crippen LogP contribution in [0.4, 0.5) is 5.13 Å². The third-order valence-electron chi connectivity index (χ3n) is 4.80. The largest absolute Gasteiger partial charge is 0.462 e. The lowest BCUT2D eigenvalue weighted by atomic mass is 10.2. The van der Waals surface area contributed by atoms with Gasteiger partial charge in [-0.15, -0.1) is 11.3 Å². The Morgan fingerprint density at radius 2 is 1.88 bits per heavy atom. The van der Waals surface area contributed by atoms with Crippen LogP contribution in [0.2, 0.25) is 0 Å². The zero-order valence-electron chi connectivity index (χ0n) is 17.7. The minimum atomic E-state index is -0.468. The molecular weight excluding hydrogens is 448 g/mol. The van der Waals surface area contributed by atoms with Gasteiger partial charge in [-0.25, -0.2) is 14.8 Å². The molecule has 0 saturated carbocycles. The summed E-state index contributed by atoms with van der Waals surface area (Å²) < 4.78 is 6.55. The summed E-state index contributed by atoms with van der Waals surface area (Å²) in [5.74, 6) is -0.868. The first kappa shape index (κ1) is 21.8. The number of aromatic nitrogens is 3. The molecule has 0 aliphatic carbocycles. The number of fused-ring (bicyclic) bond motifs is 1. The van der Waals surface area contributed by atoms with Crippen molar-refractivity contribution in [1.29, 1.82) is 0 Å². The van der Waals surface area contributed by atoms with Crippen LogP contribution < -0.4 is 10.9 Å². The lowest BCUT2D eigenvalue weighted by molar-refractivity contribution is 0.0531. The molecule has 0 radical (unpaired) electrons. The van der Waals surface area contributed by atoms with E-state index in [0.717, 1.165) is 28.2 Å². The number of anilines is 1. The van der Waals surface area contributed by atoms with E-state index in [1.54, 1.807) is 20.8 Å². The van der Waals surface area contributed by atoms with Gasteiger partial charge in [-0.05, 0) is 31.9 Å². The molecule has 10 heteroatoms. The first-order valence-corrected chi connectivity index (χ1v) is 11.5. The highest BCUT2D eigenvalue weighted by Gasteiger charge is 2.22. The van der Waals surface area contributed by atoms with Crippen molar-refractivity contribution < 1.29 is 14.3 Å². The van der Waals surface area contributed by atoms with Crippen molar-refractivity contribution in [3.05, 3.63) is 73.6 Å². The number of esters is 1. The summed E-state index contributed by atoms with van der Waals surface area (Å²) in [4.78, 5) is 47.9. The van der Waals surface area contributed by atoms with Gasteiger partial charge in [-0.2, -0.15) is 0 Å². The Hall–Kier alpha value is -3.37. The number of carbonyl (C=O) groups excluding carboxylic acids is 2. The Bertz CT molecular complexity index is 1370. The predicted octanol–water partition coefficient (Wildman–Crippen LogP) is 4.01. The Morgan fingerprint density at radius 1 is 1.12 bits per heavy atom. The van der Waals surface area contributed by atoms with Crippen LogP contribution in [0.25, 0.3) is 10.2 Å². The Morgan fingerprint density at radius 3 is 2.59 bits per heavy atom. The molecule has 8 nitrogen and oxygen atoms in total. The average Bonchev–Trinajstić information content (AvgIpc) is 3.31. The SMILES string of the molecule is CCOC(=O)c1sc(NC(=O)c2sc3ncn(Cc4ccccc4)c(=O)c3c2C)nc1C. The van der Waals surface area contributed by atoms with E-state index in [4.69, 9.17) is 4.74 Å². The second-order valence-corrected chi connectivity index (χ2v) is 9.01. The van der Waals surface area contributed by atoms with Gasteiger partial charge in [0.25, 0.3) is 11.5 Å².